The second-order valence-corrected chi connectivity index (χ2v) is 7.35. The summed E-state index contributed by atoms with van der Waals surface area (Å²) in [4.78, 5) is 26.6. The van der Waals surface area contributed by atoms with Gasteiger partial charge in [-0.3, -0.25) is 4.79 Å². The minimum Gasteiger partial charge on any atom is -0.451 e. The number of fused-ring (bicyclic) bond motifs is 1. The Morgan fingerprint density at radius 3 is 2.64 bits per heavy atom. The van der Waals surface area contributed by atoms with Crippen molar-refractivity contribution in [3.8, 4) is 0 Å². The van der Waals surface area contributed by atoms with Crippen LogP contribution in [-0.4, -0.2) is 48.7 Å². The van der Waals surface area contributed by atoms with Gasteiger partial charge >= 0.3 is 5.97 Å². The molecule has 5 nitrogen and oxygen atoms in total. The number of halogens is 1. The van der Waals surface area contributed by atoms with Crippen molar-refractivity contribution in [2.24, 2.45) is 0 Å². The monoisotopic (exact) mass is 365 g/mol. The summed E-state index contributed by atoms with van der Waals surface area (Å²) in [7, 11) is 0. The summed E-state index contributed by atoms with van der Waals surface area (Å²) in [5.41, 5.74) is 0.546. The van der Waals surface area contributed by atoms with Gasteiger partial charge in [0.1, 0.15) is 10.7 Å². The molecule has 0 unspecified atom stereocenters. The van der Waals surface area contributed by atoms with Crippen LogP contribution in [0.25, 0.3) is 10.1 Å². The maximum absolute atomic E-state index is 13.9. The van der Waals surface area contributed by atoms with E-state index in [1.807, 2.05) is 13.8 Å². The summed E-state index contributed by atoms with van der Waals surface area (Å²) in [5, 5.41) is 0.432. The smallest absolute Gasteiger partial charge is 0.349 e. The summed E-state index contributed by atoms with van der Waals surface area (Å²) >= 11 is 1.17. The van der Waals surface area contributed by atoms with E-state index in [1.165, 1.54) is 17.4 Å². The van der Waals surface area contributed by atoms with E-state index in [2.05, 4.69) is 0 Å². The molecule has 1 fully saturated rings. The molecule has 134 valence electrons. The number of hydrogen-bond donors (Lipinski definition) is 0. The zero-order chi connectivity index (χ0) is 18.1. The summed E-state index contributed by atoms with van der Waals surface area (Å²) < 4.78 is 25.4. The van der Waals surface area contributed by atoms with Gasteiger partial charge in [0, 0.05) is 23.2 Å². The third-order valence-corrected chi connectivity index (χ3v) is 5.42. The zero-order valence-corrected chi connectivity index (χ0v) is 15.2. The number of esters is 1. The van der Waals surface area contributed by atoms with Gasteiger partial charge in [-0.15, -0.1) is 11.3 Å². The lowest BCUT2D eigenvalue weighted by molar-refractivity contribution is -0.146. The fraction of sp³-hybridized carbons (Fsp3) is 0.444. The molecular formula is C18H20FNO4S. The minimum atomic E-state index is -0.596. The van der Waals surface area contributed by atoms with Crippen LogP contribution in [0.15, 0.2) is 18.2 Å². The number of thiophene rings is 1. The van der Waals surface area contributed by atoms with E-state index in [0.717, 1.165) is 0 Å². The number of carbonyl (C=O) groups is 2. The molecule has 0 aliphatic carbocycles. The largest absolute Gasteiger partial charge is 0.451 e. The number of ether oxygens (including phenoxy) is 2. The van der Waals surface area contributed by atoms with Crippen molar-refractivity contribution in [2.45, 2.75) is 33.0 Å². The highest BCUT2D eigenvalue weighted by molar-refractivity contribution is 7.21. The number of carbonyl (C=O) groups excluding carboxylic acids is 2. The first-order valence-electron chi connectivity index (χ1n) is 8.14. The number of morpholine rings is 1. The Hall–Kier alpha value is -1.99. The summed E-state index contributed by atoms with van der Waals surface area (Å²) in [6.07, 6.45) is -0.0903. The quantitative estimate of drug-likeness (QED) is 0.784. The van der Waals surface area contributed by atoms with Crippen LogP contribution in [-0.2, 0) is 14.3 Å². The Labute approximate surface area is 149 Å². The zero-order valence-electron chi connectivity index (χ0n) is 14.4. The number of nitrogens with zero attached hydrogens (tertiary/aromatic N) is 1. The van der Waals surface area contributed by atoms with Crippen LogP contribution in [0, 0.1) is 12.7 Å². The Balaban J connectivity index is 1.68. The topological polar surface area (TPSA) is 55.8 Å². The van der Waals surface area contributed by atoms with Gasteiger partial charge in [0.05, 0.1) is 12.2 Å². The van der Waals surface area contributed by atoms with Gasteiger partial charge in [0.2, 0.25) is 0 Å². The van der Waals surface area contributed by atoms with Crippen LogP contribution in [0.2, 0.25) is 0 Å². The Morgan fingerprint density at radius 1 is 1.32 bits per heavy atom. The lowest BCUT2D eigenvalue weighted by Crippen LogP contribution is -2.49. The molecule has 2 atom stereocenters. The molecule has 2 aromatic rings. The van der Waals surface area contributed by atoms with Crippen molar-refractivity contribution in [1.82, 2.24) is 4.90 Å². The van der Waals surface area contributed by atoms with Crippen LogP contribution >= 0.6 is 11.3 Å². The first-order valence-corrected chi connectivity index (χ1v) is 8.96. The molecule has 1 saturated heterocycles. The van der Waals surface area contributed by atoms with Crippen molar-refractivity contribution in [3.63, 3.8) is 0 Å². The first kappa shape index (κ1) is 17.8. The highest BCUT2D eigenvalue weighted by Crippen LogP contribution is 2.33. The maximum Gasteiger partial charge on any atom is 0.349 e. The third kappa shape index (κ3) is 3.67. The number of aryl methyl sites for hydroxylation is 1. The molecule has 0 saturated carbocycles. The van der Waals surface area contributed by atoms with E-state index < -0.39 is 5.97 Å². The maximum atomic E-state index is 13.9. The summed E-state index contributed by atoms with van der Waals surface area (Å²) in [6.45, 7) is 6.12. The SMILES string of the molecule is Cc1c(C(=O)OCC(=O)N2C[C@H](C)O[C@@H](C)C2)sc2cccc(F)c12. The van der Waals surface area contributed by atoms with E-state index >= 15 is 0 Å². The lowest BCUT2D eigenvalue weighted by Gasteiger charge is -2.35. The predicted octanol–water partition coefficient (Wildman–Crippen LogP) is 3.14. The van der Waals surface area contributed by atoms with E-state index in [1.54, 1.807) is 24.0 Å². The van der Waals surface area contributed by atoms with Gasteiger partial charge in [-0.2, -0.15) is 0 Å². The van der Waals surface area contributed by atoms with Crippen LogP contribution in [0.4, 0.5) is 4.39 Å². The standard InChI is InChI=1S/C18H20FNO4S/c1-10-7-20(8-11(2)24-10)15(21)9-23-18(22)17-12(3)16-13(19)5-4-6-14(16)25-17/h4-6,10-11H,7-9H2,1-3H3/t10-,11-/m0/s1. The van der Waals surface area contributed by atoms with Crippen LogP contribution in [0.1, 0.15) is 29.1 Å². The van der Waals surface area contributed by atoms with Gasteiger partial charge in [-0.25, -0.2) is 9.18 Å². The Bertz CT molecular complexity index is 809. The molecule has 2 heterocycles. The number of hydrogen-bond acceptors (Lipinski definition) is 5. The van der Waals surface area contributed by atoms with E-state index in [9.17, 15) is 14.0 Å². The first-order chi connectivity index (χ1) is 11.9. The molecular weight excluding hydrogens is 345 g/mol. The van der Waals surface area contributed by atoms with Crippen LogP contribution in [0.5, 0.6) is 0 Å². The fourth-order valence-electron chi connectivity index (χ4n) is 3.11. The molecule has 0 bridgehead atoms. The van der Waals surface area contributed by atoms with Crippen molar-refractivity contribution in [3.05, 3.63) is 34.5 Å². The Morgan fingerprint density at radius 2 is 2.00 bits per heavy atom. The van der Waals surface area contributed by atoms with Crippen molar-refractivity contribution < 1.29 is 23.5 Å². The second-order valence-electron chi connectivity index (χ2n) is 6.30. The molecule has 1 aromatic carbocycles. The van der Waals surface area contributed by atoms with Gasteiger partial charge in [0.25, 0.3) is 5.91 Å². The molecule has 3 rings (SSSR count). The summed E-state index contributed by atoms with van der Waals surface area (Å²) in [5.74, 6) is -1.21. The number of amides is 1. The predicted molar refractivity (Wildman–Crippen MR) is 93.4 cm³/mol. The molecule has 25 heavy (non-hydrogen) atoms. The number of rotatable bonds is 3. The lowest BCUT2D eigenvalue weighted by atomic mass is 10.1. The molecule has 0 N–H and O–H groups in total. The van der Waals surface area contributed by atoms with Gasteiger partial charge in [-0.05, 0) is 38.5 Å². The fourth-order valence-corrected chi connectivity index (χ4v) is 4.23. The minimum absolute atomic E-state index is 0.0452. The number of benzene rings is 1. The van der Waals surface area contributed by atoms with E-state index in [0.29, 0.717) is 33.6 Å². The molecule has 1 amide bonds. The molecule has 1 aliphatic heterocycles. The van der Waals surface area contributed by atoms with Crippen molar-refractivity contribution >= 4 is 33.3 Å². The normalized spacial score (nSPS) is 20.7. The molecule has 1 aliphatic rings. The molecule has 0 radical (unpaired) electrons. The van der Waals surface area contributed by atoms with E-state index in [-0.39, 0.29) is 30.5 Å². The van der Waals surface area contributed by atoms with Gasteiger partial charge in [0.15, 0.2) is 6.61 Å². The van der Waals surface area contributed by atoms with Crippen molar-refractivity contribution in [2.75, 3.05) is 19.7 Å². The summed E-state index contributed by atoms with van der Waals surface area (Å²) in [6, 6.07) is 4.73. The second kappa shape index (κ2) is 7.09. The van der Waals surface area contributed by atoms with Crippen molar-refractivity contribution in [1.29, 1.82) is 0 Å². The average molecular weight is 365 g/mol. The third-order valence-electron chi connectivity index (χ3n) is 4.19. The Kier molecular flexibility index (Phi) is 5.06. The van der Waals surface area contributed by atoms with Crippen LogP contribution in [0.3, 0.4) is 0 Å². The highest BCUT2D eigenvalue weighted by atomic mass is 32.1. The van der Waals surface area contributed by atoms with E-state index in [4.69, 9.17) is 9.47 Å². The highest BCUT2D eigenvalue weighted by Gasteiger charge is 2.27. The molecule has 1 aromatic heterocycles. The van der Waals surface area contributed by atoms with Crippen LogP contribution < -0.4 is 0 Å². The average Bonchev–Trinajstić information content (AvgIpc) is 2.89. The van der Waals surface area contributed by atoms with Gasteiger partial charge < -0.3 is 14.4 Å². The molecule has 7 heteroatoms. The van der Waals surface area contributed by atoms with Gasteiger partial charge in [-0.1, -0.05) is 6.07 Å². The molecule has 0 spiro atoms.